The number of nitrogens with one attached hydrogen (secondary N) is 1. The van der Waals surface area contributed by atoms with Gasteiger partial charge >= 0.3 is 5.97 Å². The van der Waals surface area contributed by atoms with Crippen molar-refractivity contribution in [2.45, 2.75) is 0 Å². The number of aliphatic carboxylic acids is 1. The van der Waals surface area contributed by atoms with Crippen LogP contribution in [0.25, 0.3) is 0 Å². The van der Waals surface area contributed by atoms with Gasteiger partial charge in [-0.05, 0) is 0 Å². The SMILES string of the molecule is N=C=O.O=C(O)CBr. The van der Waals surface area contributed by atoms with Gasteiger partial charge in [0.2, 0.25) is 6.08 Å². The average molecular weight is 182 g/mol. The second-order valence-electron chi connectivity index (χ2n) is 0.629. The third-order valence-corrected chi connectivity index (χ3v) is 0.594. The second-order valence-corrected chi connectivity index (χ2v) is 1.19. The Bertz CT molecular complexity index is 96.7. The molecule has 2 N–H and O–H groups in total. The van der Waals surface area contributed by atoms with E-state index in [0.29, 0.717) is 0 Å². The molecule has 0 rings (SSSR count). The molecule has 0 spiro atoms. The summed E-state index contributed by atoms with van der Waals surface area (Å²) in [6, 6.07) is 0. The fourth-order valence-electron chi connectivity index (χ4n) is 0. The number of rotatable bonds is 1. The van der Waals surface area contributed by atoms with E-state index in [0.717, 1.165) is 6.08 Å². The smallest absolute Gasteiger partial charge is 0.314 e. The maximum atomic E-state index is 9.32. The molecule has 0 atom stereocenters. The van der Waals surface area contributed by atoms with Crippen LogP contribution in [0.4, 0.5) is 0 Å². The minimum atomic E-state index is -0.829. The summed E-state index contributed by atoms with van der Waals surface area (Å²) in [6.45, 7) is 0. The number of isocyanates is 1. The molecule has 0 aliphatic rings. The molecular weight excluding hydrogens is 178 g/mol. The summed E-state index contributed by atoms with van der Waals surface area (Å²) in [7, 11) is 0. The van der Waals surface area contributed by atoms with Crippen LogP contribution >= 0.6 is 15.9 Å². The van der Waals surface area contributed by atoms with E-state index in [9.17, 15) is 4.79 Å². The number of hydrogen-bond donors (Lipinski definition) is 2. The van der Waals surface area contributed by atoms with E-state index >= 15 is 0 Å². The molecule has 0 saturated heterocycles. The molecule has 0 aromatic carbocycles. The lowest BCUT2D eigenvalue weighted by molar-refractivity contribution is -0.133. The van der Waals surface area contributed by atoms with Crippen molar-refractivity contribution in [3.05, 3.63) is 0 Å². The lowest BCUT2D eigenvalue weighted by Crippen LogP contribution is -1.92. The molecule has 0 aliphatic heterocycles. The Kier molecular flexibility index (Phi) is 12.4. The lowest BCUT2D eigenvalue weighted by atomic mass is 10.8. The van der Waals surface area contributed by atoms with Crippen LogP contribution in [0.15, 0.2) is 0 Å². The fraction of sp³-hybridized carbons (Fsp3) is 0.333. The summed E-state index contributed by atoms with van der Waals surface area (Å²) < 4.78 is 0. The first-order valence-electron chi connectivity index (χ1n) is 1.50. The Balaban J connectivity index is 0. The Morgan fingerprint density at radius 3 is 2.00 bits per heavy atom. The Labute approximate surface area is 54.1 Å². The highest BCUT2D eigenvalue weighted by Crippen LogP contribution is 1.73. The van der Waals surface area contributed by atoms with E-state index in [1.54, 1.807) is 0 Å². The molecule has 0 aromatic rings. The van der Waals surface area contributed by atoms with Crippen molar-refractivity contribution < 1.29 is 14.7 Å². The Hall–Kier alpha value is -0.670. The van der Waals surface area contributed by atoms with Crippen LogP contribution in [0.1, 0.15) is 0 Å². The first kappa shape index (κ1) is 10.3. The number of carbonyl (C=O) groups is 1. The summed E-state index contributed by atoms with van der Waals surface area (Å²) in [5.74, 6) is -0.829. The van der Waals surface area contributed by atoms with Gasteiger partial charge in [-0.15, -0.1) is 0 Å². The molecule has 5 heteroatoms. The normalized spacial score (nSPS) is 5.62. The number of carbonyl (C=O) groups excluding carboxylic acids is 1. The highest BCUT2D eigenvalue weighted by atomic mass is 79.9. The zero-order chi connectivity index (χ0) is 6.99. The van der Waals surface area contributed by atoms with Crippen LogP contribution < -0.4 is 0 Å². The van der Waals surface area contributed by atoms with E-state index < -0.39 is 5.97 Å². The van der Waals surface area contributed by atoms with Gasteiger partial charge in [0.15, 0.2) is 0 Å². The monoisotopic (exact) mass is 181 g/mol. The molecule has 0 unspecified atom stereocenters. The van der Waals surface area contributed by atoms with Crippen LogP contribution in [0.3, 0.4) is 0 Å². The van der Waals surface area contributed by atoms with Crippen LogP contribution in [-0.4, -0.2) is 22.5 Å². The van der Waals surface area contributed by atoms with E-state index in [-0.39, 0.29) is 5.33 Å². The highest BCUT2D eigenvalue weighted by Gasteiger charge is 1.83. The quantitative estimate of drug-likeness (QED) is 0.349. The van der Waals surface area contributed by atoms with Gasteiger partial charge in [-0.1, -0.05) is 15.9 Å². The number of alkyl halides is 1. The number of hydrogen-bond acceptors (Lipinski definition) is 3. The van der Waals surface area contributed by atoms with E-state index in [1.165, 1.54) is 0 Å². The molecule has 0 saturated carbocycles. The molecule has 0 bridgehead atoms. The molecular formula is C3H4BrNO3. The zero-order valence-corrected chi connectivity index (χ0v) is 5.43. The number of halogens is 1. The fourth-order valence-corrected chi connectivity index (χ4v) is 0. The number of carboxylic acid groups (broad SMARTS) is 1. The van der Waals surface area contributed by atoms with Crippen molar-refractivity contribution in [1.29, 1.82) is 5.41 Å². The van der Waals surface area contributed by atoms with Gasteiger partial charge in [0, 0.05) is 0 Å². The molecule has 0 amide bonds. The van der Waals surface area contributed by atoms with Gasteiger partial charge in [0.25, 0.3) is 0 Å². The molecule has 0 aliphatic carbocycles. The van der Waals surface area contributed by atoms with Crippen molar-refractivity contribution in [3.8, 4) is 0 Å². The molecule has 0 fully saturated rings. The van der Waals surface area contributed by atoms with Gasteiger partial charge in [-0.3, -0.25) is 4.79 Å². The van der Waals surface area contributed by atoms with Crippen LogP contribution in [0, 0.1) is 5.41 Å². The third kappa shape index (κ3) is 56.5. The van der Waals surface area contributed by atoms with Gasteiger partial charge < -0.3 is 5.11 Å². The first-order valence-corrected chi connectivity index (χ1v) is 2.62. The van der Waals surface area contributed by atoms with E-state index in [2.05, 4.69) is 15.9 Å². The summed E-state index contributed by atoms with van der Waals surface area (Å²) >= 11 is 2.71. The van der Waals surface area contributed by atoms with Crippen molar-refractivity contribution in [2.75, 3.05) is 5.33 Å². The van der Waals surface area contributed by atoms with E-state index in [1.807, 2.05) is 0 Å². The predicted octanol–water partition coefficient (Wildman–Crippen LogP) is 0.367. The maximum absolute atomic E-state index is 9.32. The Morgan fingerprint density at radius 1 is 1.88 bits per heavy atom. The maximum Gasteiger partial charge on any atom is 0.314 e. The summed E-state index contributed by atoms with van der Waals surface area (Å²) in [4.78, 5) is 17.7. The van der Waals surface area contributed by atoms with Crippen molar-refractivity contribution in [3.63, 3.8) is 0 Å². The zero-order valence-electron chi connectivity index (χ0n) is 3.85. The molecule has 46 valence electrons. The van der Waals surface area contributed by atoms with Crippen LogP contribution in [0.2, 0.25) is 0 Å². The molecule has 8 heavy (non-hydrogen) atoms. The van der Waals surface area contributed by atoms with Crippen molar-refractivity contribution >= 4 is 28.0 Å². The topological polar surface area (TPSA) is 78.2 Å². The van der Waals surface area contributed by atoms with Gasteiger partial charge in [-0.2, -0.15) is 0 Å². The lowest BCUT2D eigenvalue weighted by Gasteiger charge is -1.70. The van der Waals surface area contributed by atoms with Gasteiger partial charge in [0.1, 0.15) is 5.33 Å². The summed E-state index contributed by atoms with van der Waals surface area (Å²) in [5.41, 5.74) is 0. The van der Waals surface area contributed by atoms with Gasteiger partial charge in [-0.25, -0.2) is 10.2 Å². The minimum Gasteiger partial charge on any atom is -0.481 e. The van der Waals surface area contributed by atoms with Gasteiger partial charge in [0.05, 0.1) is 0 Å². The Morgan fingerprint density at radius 2 is 2.00 bits per heavy atom. The predicted molar refractivity (Wildman–Crippen MR) is 29.8 cm³/mol. The second kappa shape index (κ2) is 9.59. The first-order chi connectivity index (χ1) is 3.68. The molecule has 4 nitrogen and oxygen atoms in total. The van der Waals surface area contributed by atoms with Crippen LogP contribution in [-0.2, 0) is 9.59 Å². The molecule has 0 aromatic heterocycles. The van der Waals surface area contributed by atoms with E-state index in [4.69, 9.17) is 15.3 Å². The summed E-state index contributed by atoms with van der Waals surface area (Å²) in [5, 5.41) is 13.1. The molecule has 0 heterocycles. The largest absolute Gasteiger partial charge is 0.481 e. The van der Waals surface area contributed by atoms with Crippen molar-refractivity contribution in [1.82, 2.24) is 0 Å². The third-order valence-electron chi connectivity index (χ3n) is 0.114. The standard InChI is InChI=1S/C2H3BrO2.CHNO/c3-1-2(4)5;2-1-3/h1H2,(H,4,5);2H. The number of carboxylic acids is 1. The highest BCUT2D eigenvalue weighted by molar-refractivity contribution is 9.09. The molecule has 0 radical (unpaired) electrons. The summed E-state index contributed by atoms with van der Waals surface area (Å²) in [6.07, 6.45) is 0.750. The average Bonchev–Trinajstić information content (AvgIpc) is 1.69. The van der Waals surface area contributed by atoms with Crippen LogP contribution in [0.5, 0.6) is 0 Å². The van der Waals surface area contributed by atoms with Crippen molar-refractivity contribution in [2.24, 2.45) is 0 Å². The minimum absolute atomic E-state index is 0.0347.